The van der Waals surface area contributed by atoms with Crippen LogP contribution in [0.25, 0.3) is 0 Å². The normalized spacial score (nSPS) is 18.6. The van der Waals surface area contributed by atoms with Crippen molar-refractivity contribution in [2.45, 2.75) is 25.6 Å². The minimum Gasteiger partial charge on any atom is -0.437 e. The zero-order valence-electron chi connectivity index (χ0n) is 9.76. The molecule has 1 aliphatic rings. The minimum absolute atomic E-state index is 0.318. The fourth-order valence-electron chi connectivity index (χ4n) is 2.42. The molecule has 0 spiro atoms. The standard InChI is InChI=1S/C12H19BN2O/c1-13(16)15-7-5-10(6-8-15)11-3-2-4-12(14)9-11/h2-4,9-10,16H,5-8,14H2,1H3. The van der Waals surface area contributed by atoms with Crippen LogP contribution in [0.15, 0.2) is 24.3 Å². The van der Waals surface area contributed by atoms with Crippen LogP contribution in [0.3, 0.4) is 0 Å². The summed E-state index contributed by atoms with van der Waals surface area (Å²) < 4.78 is 0. The molecule has 86 valence electrons. The number of nitrogens with zero attached hydrogens (tertiary/aromatic N) is 1. The van der Waals surface area contributed by atoms with Gasteiger partial charge in [0.2, 0.25) is 0 Å². The van der Waals surface area contributed by atoms with E-state index in [0.29, 0.717) is 5.92 Å². The summed E-state index contributed by atoms with van der Waals surface area (Å²) in [6, 6.07) is 8.17. The van der Waals surface area contributed by atoms with E-state index in [1.54, 1.807) is 0 Å². The Morgan fingerprint density at radius 3 is 2.62 bits per heavy atom. The van der Waals surface area contributed by atoms with Gasteiger partial charge in [0, 0.05) is 5.69 Å². The first-order chi connectivity index (χ1) is 7.66. The van der Waals surface area contributed by atoms with E-state index in [1.807, 2.05) is 19.0 Å². The number of anilines is 1. The first-order valence-corrected chi connectivity index (χ1v) is 5.94. The third-order valence-electron chi connectivity index (χ3n) is 3.44. The maximum Gasteiger partial charge on any atom is 0.376 e. The van der Waals surface area contributed by atoms with Gasteiger partial charge in [-0.1, -0.05) is 12.1 Å². The Labute approximate surface area is 97.4 Å². The summed E-state index contributed by atoms with van der Waals surface area (Å²) in [5, 5.41) is 9.48. The Kier molecular flexibility index (Phi) is 3.51. The molecule has 1 fully saturated rings. The molecule has 3 nitrogen and oxygen atoms in total. The van der Waals surface area contributed by atoms with Crippen LogP contribution in [-0.2, 0) is 0 Å². The molecule has 1 saturated heterocycles. The smallest absolute Gasteiger partial charge is 0.376 e. The molecule has 4 heteroatoms. The molecule has 0 atom stereocenters. The first kappa shape index (κ1) is 11.5. The van der Waals surface area contributed by atoms with Gasteiger partial charge in [-0.3, -0.25) is 0 Å². The van der Waals surface area contributed by atoms with Crippen molar-refractivity contribution in [1.29, 1.82) is 0 Å². The van der Waals surface area contributed by atoms with Crippen molar-refractivity contribution >= 4 is 12.7 Å². The third kappa shape index (κ3) is 2.57. The zero-order chi connectivity index (χ0) is 11.5. The van der Waals surface area contributed by atoms with E-state index in [9.17, 15) is 5.02 Å². The van der Waals surface area contributed by atoms with E-state index in [4.69, 9.17) is 5.73 Å². The van der Waals surface area contributed by atoms with Crippen molar-refractivity contribution in [2.24, 2.45) is 0 Å². The fraction of sp³-hybridized carbons (Fsp3) is 0.500. The van der Waals surface area contributed by atoms with Crippen molar-refractivity contribution in [3.63, 3.8) is 0 Å². The summed E-state index contributed by atoms with van der Waals surface area (Å²) in [4.78, 5) is 2.11. The van der Waals surface area contributed by atoms with Crippen molar-refractivity contribution in [1.82, 2.24) is 4.81 Å². The van der Waals surface area contributed by atoms with Gasteiger partial charge in [0.1, 0.15) is 0 Å². The molecule has 1 aromatic carbocycles. The molecule has 0 aliphatic carbocycles. The molecular formula is C12H19BN2O. The Bertz CT molecular complexity index is 349. The van der Waals surface area contributed by atoms with Gasteiger partial charge in [-0.05, 0) is 56.4 Å². The number of benzene rings is 1. The summed E-state index contributed by atoms with van der Waals surface area (Å²) in [7, 11) is -0.318. The lowest BCUT2D eigenvalue weighted by atomic mass is 9.79. The molecule has 2 rings (SSSR count). The number of nitrogens with two attached hydrogens (primary N) is 1. The highest BCUT2D eigenvalue weighted by atomic mass is 16.2. The first-order valence-electron chi connectivity index (χ1n) is 5.94. The van der Waals surface area contributed by atoms with Crippen LogP contribution >= 0.6 is 0 Å². The van der Waals surface area contributed by atoms with Crippen molar-refractivity contribution in [2.75, 3.05) is 18.8 Å². The quantitative estimate of drug-likeness (QED) is 0.585. The molecule has 0 unspecified atom stereocenters. The van der Waals surface area contributed by atoms with Crippen LogP contribution in [0.5, 0.6) is 0 Å². The second-order valence-corrected chi connectivity index (χ2v) is 4.61. The lowest BCUT2D eigenvalue weighted by Gasteiger charge is -2.32. The van der Waals surface area contributed by atoms with E-state index in [2.05, 4.69) is 16.9 Å². The zero-order valence-corrected chi connectivity index (χ0v) is 9.76. The molecule has 1 heterocycles. The van der Waals surface area contributed by atoms with Gasteiger partial charge in [-0.25, -0.2) is 0 Å². The molecule has 16 heavy (non-hydrogen) atoms. The predicted molar refractivity (Wildman–Crippen MR) is 68.2 cm³/mol. The number of hydrogen-bond acceptors (Lipinski definition) is 3. The molecule has 0 saturated carbocycles. The fourth-order valence-corrected chi connectivity index (χ4v) is 2.42. The van der Waals surface area contributed by atoms with Crippen LogP contribution in [0, 0.1) is 0 Å². The highest BCUT2D eigenvalue weighted by Crippen LogP contribution is 2.28. The summed E-state index contributed by atoms with van der Waals surface area (Å²) in [5.74, 6) is 0.596. The maximum absolute atomic E-state index is 9.48. The summed E-state index contributed by atoms with van der Waals surface area (Å²) in [6.07, 6.45) is 2.21. The van der Waals surface area contributed by atoms with Gasteiger partial charge in [-0.2, -0.15) is 0 Å². The highest BCUT2D eigenvalue weighted by molar-refractivity contribution is 6.45. The highest BCUT2D eigenvalue weighted by Gasteiger charge is 2.24. The van der Waals surface area contributed by atoms with Crippen LogP contribution in [0.1, 0.15) is 24.3 Å². The van der Waals surface area contributed by atoms with Gasteiger partial charge in [0.15, 0.2) is 0 Å². The molecule has 0 amide bonds. The minimum atomic E-state index is -0.318. The SMILES string of the molecule is CB(O)N1CCC(c2cccc(N)c2)CC1. The van der Waals surface area contributed by atoms with E-state index in [1.165, 1.54) is 5.56 Å². The van der Waals surface area contributed by atoms with Crippen LogP contribution in [0.4, 0.5) is 5.69 Å². The molecular weight excluding hydrogens is 199 g/mol. The number of piperidine rings is 1. The van der Waals surface area contributed by atoms with E-state index in [0.717, 1.165) is 31.6 Å². The number of hydrogen-bond donors (Lipinski definition) is 2. The molecule has 1 aliphatic heterocycles. The van der Waals surface area contributed by atoms with E-state index in [-0.39, 0.29) is 7.05 Å². The average molecular weight is 218 g/mol. The summed E-state index contributed by atoms with van der Waals surface area (Å²) in [6.45, 7) is 3.77. The molecule has 0 aromatic heterocycles. The van der Waals surface area contributed by atoms with Gasteiger partial charge in [0.05, 0.1) is 0 Å². The Hall–Kier alpha value is -0.995. The van der Waals surface area contributed by atoms with Crippen molar-refractivity contribution in [3.8, 4) is 0 Å². The molecule has 0 radical (unpaired) electrons. The summed E-state index contributed by atoms with van der Waals surface area (Å²) in [5.41, 5.74) is 7.97. The van der Waals surface area contributed by atoms with Gasteiger partial charge >= 0.3 is 7.05 Å². The number of rotatable bonds is 2. The van der Waals surface area contributed by atoms with Crippen LogP contribution in [-0.4, -0.2) is 30.0 Å². The number of nitrogen functional groups attached to an aromatic ring is 1. The van der Waals surface area contributed by atoms with Crippen LogP contribution < -0.4 is 5.73 Å². The Morgan fingerprint density at radius 1 is 1.38 bits per heavy atom. The van der Waals surface area contributed by atoms with Gasteiger partial charge in [-0.15, -0.1) is 0 Å². The van der Waals surface area contributed by atoms with Gasteiger partial charge in [0.25, 0.3) is 0 Å². The van der Waals surface area contributed by atoms with Gasteiger partial charge < -0.3 is 15.6 Å². The molecule has 1 aromatic rings. The topological polar surface area (TPSA) is 49.5 Å². The maximum atomic E-state index is 9.48. The monoisotopic (exact) mass is 218 g/mol. The predicted octanol–water partition coefficient (Wildman–Crippen LogP) is 1.56. The van der Waals surface area contributed by atoms with Crippen molar-refractivity contribution in [3.05, 3.63) is 29.8 Å². The van der Waals surface area contributed by atoms with Crippen LogP contribution in [0.2, 0.25) is 6.82 Å². The largest absolute Gasteiger partial charge is 0.437 e. The van der Waals surface area contributed by atoms with E-state index >= 15 is 0 Å². The Balaban J connectivity index is 1.99. The third-order valence-corrected chi connectivity index (χ3v) is 3.44. The summed E-state index contributed by atoms with van der Waals surface area (Å²) >= 11 is 0. The average Bonchev–Trinajstić information content (AvgIpc) is 2.29. The van der Waals surface area contributed by atoms with E-state index < -0.39 is 0 Å². The lowest BCUT2D eigenvalue weighted by Crippen LogP contribution is -2.42. The van der Waals surface area contributed by atoms with Crippen molar-refractivity contribution < 1.29 is 5.02 Å². The molecule has 0 bridgehead atoms. The second kappa shape index (κ2) is 4.89. The Morgan fingerprint density at radius 2 is 2.06 bits per heavy atom. The lowest BCUT2D eigenvalue weighted by molar-refractivity contribution is 0.289. The molecule has 3 N–H and O–H groups in total. The second-order valence-electron chi connectivity index (χ2n) is 4.61.